The fourth-order valence-electron chi connectivity index (χ4n) is 3.03. The summed E-state index contributed by atoms with van der Waals surface area (Å²) >= 11 is 0. The van der Waals surface area contributed by atoms with Gasteiger partial charge in [-0.25, -0.2) is 9.37 Å². The van der Waals surface area contributed by atoms with Gasteiger partial charge in [0.2, 0.25) is 0 Å². The number of hydrogen-bond donors (Lipinski definition) is 1. The quantitative estimate of drug-likeness (QED) is 0.805. The zero-order chi connectivity index (χ0) is 16.5. The maximum Gasteiger partial charge on any atom is 0.137 e. The zero-order valence-corrected chi connectivity index (χ0v) is 12.9. The number of benzene rings is 1. The van der Waals surface area contributed by atoms with Crippen LogP contribution in [0.4, 0.5) is 4.39 Å². The second-order valence-electron chi connectivity index (χ2n) is 5.76. The van der Waals surface area contributed by atoms with E-state index in [1.165, 1.54) is 12.1 Å². The van der Waals surface area contributed by atoms with Crippen LogP contribution in [-0.2, 0) is 6.54 Å². The Morgan fingerprint density at radius 1 is 1.38 bits per heavy atom. The molecule has 0 unspecified atom stereocenters. The third kappa shape index (κ3) is 2.59. The molecule has 6 heteroatoms. The van der Waals surface area contributed by atoms with Crippen molar-refractivity contribution in [3.05, 3.63) is 65.4 Å². The summed E-state index contributed by atoms with van der Waals surface area (Å²) in [6, 6.07) is 10.3. The third-order valence-corrected chi connectivity index (χ3v) is 4.25. The fraction of sp³-hybridized carbons (Fsp3) is 0.222. The Kier molecular flexibility index (Phi) is 3.63. The largest absolute Gasteiger partial charge is 0.493 e. The van der Waals surface area contributed by atoms with Gasteiger partial charge in [0.15, 0.2) is 0 Å². The zero-order valence-electron chi connectivity index (χ0n) is 12.9. The molecule has 1 aliphatic rings. The molecule has 120 valence electrons. The molecule has 0 radical (unpaired) electrons. The Morgan fingerprint density at radius 3 is 3.17 bits per heavy atom. The molecule has 1 atom stereocenters. The maximum atomic E-state index is 13.5. The molecule has 0 spiro atoms. The van der Waals surface area contributed by atoms with Crippen LogP contribution in [0.3, 0.4) is 0 Å². The number of nitrogens with zero attached hydrogens (tertiary/aromatic N) is 3. The minimum Gasteiger partial charge on any atom is -0.493 e. The molecule has 1 N–H and O–H groups in total. The van der Waals surface area contributed by atoms with E-state index in [9.17, 15) is 4.39 Å². The van der Waals surface area contributed by atoms with E-state index in [1.54, 1.807) is 24.5 Å². The Labute approximate surface area is 138 Å². The Morgan fingerprint density at radius 2 is 2.29 bits per heavy atom. The predicted octanol–water partition coefficient (Wildman–Crippen LogP) is 2.96. The monoisotopic (exact) mass is 322 g/mol. The number of halogens is 1. The molecular weight excluding hydrogens is 307 g/mol. The van der Waals surface area contributed by atoms with E-state index in [2.05, 4.69) is 16.4 Å². The van der Waals surface area contributed by atoms with E-state index in [-0.39, 0.29) is 11.9 Å². The number of hydrogen-bond acceptors (Lipinski definition) is 4. The summed E-state index contributed by atoms with van der Waals surface area (Å²) in [7, 11) is 0. The summed E-state index contributed by atoms with van der Waals surface area (Å²) in [5, 5.41) is 12.5. The summed E-state index contributed by atoms with van der Waals surface area (Å²) < 4.78 is 21.0. The van der Waals surface area contributed by atoms with Crippen LogP contribution >= 0.6 is 0 Å². The number of imidazole rings is 1. The first-order valence-corrected chi connectivity index (χ1v) is 7.76. The normalized spacial score (nSPS) is 16.4. The molecule has 0 amide bonds. The molecule has 0 saturated carbocycles. The molecule has 0 saturated heterocycles. The fourth-order valence-corrected chi connectivity index (χ4v) is 3.03. The van der Waals surface area contributed by atoms with Gasteiger partial charge in [-0.2, -0.15) is 5.26 Å². The topological polar surface area (TPSA) is 62.3 Å². The number of nitriles is 1. The molecule has 0 aliphatic carbocycles. The predicted molar refractivity (Wildman–Crippen MR) is 86.0 cm³/mol. The summed E-state index contributed by atoms with van der Waals surface area (Å²) in [6.07, 6.45) is 4.34. The van der Waals surface area contributed by atoms with Gasteiger partial charge in [0.1, 0.15) is 23.3 Å². The molecule has 0 bridgehead atoms. The Bertz CT molecular complexity index is 944. The number of aromatic nitrogens is 2. The first kappa shape index (κ1) is 14.7. The molecule has 1 aromatic carbocycles. The van der Waals surface area contributed by atoms with Gasteiger partial charge in [0, 0.05) is 30.8 Å². The van der Waals surface area contributed by atoms with Crippen molar-refractivity contribution < 1.29 is 9.13 Å². The van der Waals surface area contributed by atoms with Crippen LogP contribution in [-0.4, -0.2) is 16.0 Å². The Balaban J connectivity index is 1.58. The molecule has 2 aromatic heterocycles. The summed E-state index contributed by atoms with van der Waals surface area (Å²) in [5.74, 6) is 0.463. The van der Waals surface area contributed by atoms with Gasteiger partial charge in [-0.1, -0.05) is 0 Å². The first-order chi connectivity index (χ1) is 11.7. The molecule has 5 nitrogen and oxygen atoms in total. The lowest BCUT2D eigenvalue weighted by Crippen LogP contribution is -2.27. The van der Waals surface area contributed by atoms with Gasteiger partial charge >= 0.3 is 0 Å². The van der Waals surface area contributed by atoms with Gasteiger partial charge in [-0.15, -0.1) is 0 Å². The number of ether oxygens (including phenoxy) is 1. The molecule has 4 rings (SSSR count). The van der Waals surface area contributed by atoms with Gasteiger partial charge in [0.25, 0.3) is 0 Å². The number of nitrogens with one attached hydrogen (secondary N) is 1. The van der Waals surface area contributed by atoms with Crippen molar-refractivity contribution in [2.75, 3.05) is 6.61 Å². The van der Waals surface area contributed by atoms with Crippen molar-refractivity contribution >= 4 is 5.65 Å². The van der Waals surface area contributed by atoms with Crippen LogP contribution in [0.15, 0.2) is 42.7 Å². The van der Waals surface area contributed by atoms with Gasteiger partial charge in [0.05, 0.1) is 24.1 Å². The first-order valence-electron chi connectivity index (χ1n) is 7.76. The molecule has 0 fully saturated rings. The maximum absolute atomic E-state index is 13.5. The van der Waals surface area contributed by atoms with E-state index < -0.39 is 0 Å². The van der Waals surface area contributed by atoms with E-state index in [0.717, 1.165) is 29.1 Å². The van der Waals surface area contributed by atoms with Crippen LogP contribution in [0.5, 0.6) is 5.75 Å². The van der Waals surface area contributed by atoms with E-state index in [0.29, 0.717) is 18.7 Å². The second-order valence-corrected chi connectivity index (χ2v) is 5.76. The van der Waals surface area contributed by atoms with Crippen LogP contribution < -0.4 is 10.1 Å². The Hall–Kier alpha value is -2.91. The number of pyridine rings is 1. The van der Waals surface area contributed by atoms with Crippen LogP contribution in [0.25, 0.3) is 5.65 Å². The molecule has 3 heterocycles. The van der Waals surface area contributed by atoms with E-state index in [1.807, 2.05) is 10.5 Å². The van der Waals surface area contributed by atoms with Crippen LogP contribution in [0, 0.1) is 17.1 Å². The minimum absolute atomic E-state index is 0.0224. The molecule has 24 heavy (non-hydrogen) atoms. The molecular formula is C18H15FN4O. The standard InChI is InChI=1S/C18H15FN4O/c19-13-2-3-17-15(7-13)16(5-6-24-17)21-9-14-10-22-18-4-1-12(8-20)11-23(14)18/h1-4,7,10-11,16,21H,5-6,9H2/t16-/m1/s1. The van der Waals surface area contributed by atoms with Crippen molar-refractivity contribution in [2.24, 2.45) is 0 Å². The third-order valence-electron chi connectivity index (χ3n) is 4.25. The second kappa shape index (κ2) is 5.95. The lowest BCUT2D eigenvalue weighted by Gasteiger charge is -2.26. The van der Waals surface area contributed by atoms with Crippen molar-refractivity contribution in [3.8, 4) is 11.8 Å². The lowest BCUT2D eigenvalue weighted by atomic mass is 10.0. The number of rotatable bonds is 3. The average molecular weight is 322 g/mol. The lowest BCUT2D eigenvalue weighted by molar-refractivity contribution is 0.251. The smallest absolute Gasteiger partial charge is 0.137 e. The van der Waals surface area contributed by atoms with Crippen molar-refractivity contribution in [1.29, 1.82) is 5.26 Å². The van der Waals surface area contributed by atoms with Crippen LogP contribution in [0.1, 0.15) is 29.3 Å². The highest BCUT2D eigenvalue weighted by Gasteiger charge is 2.22. The average Bonchev–Trinajstić information content (AvgIpc) is 3.02. The SMILES string of the molecule is N#Cc1ccc2ncc(CN[C@@H]3CCOc4ccc(F)cc43)n2c1. The van der Waals surface area contributed by atoms with Gasteiger partial charge < -0.3 is 14.5 Å². The highest BCUT2D eigenvalue weighted by Crippen LogP contribution is 2.32. The highest BCUT2D eigenvalue weighted by molar-refractivity contribution is 5.44. The molecule has 3 aromatic rings. The van der Waals surface area contributed by atoms with E-state index in [4.69, 9.17) is 10.00 Å². The number of fused-ring (bicyclic) bond motifs is 2. The van der Waals surface area contributed by atoms with Crippen LogP contribution in [0.2, 0.25) is 0 Å². The highest BCUT2D eigenvalue weighted by atomic mass is 19.1. The van der Waals surface area contributed by atoms with Gasteiger partial charge in [-0.05, 0) is 30.3 Å². The van der Waals surface area contributed by atoms with E-state index >= 15 is 0 Å². The molecule has 1 aliphatic heterocycles. The summed E-state index contributed by atoms with van der Waals surface area (Å²) in [5.41, 5.74) is 3.17. The minimum atomic E-state index is -0.264. The van der Waals surface area contributed by atoms with Crippen molar-refractivity contribution in [1.82, 2.24) is 14.7 Å². The van der Waals surface area contributed by atoms with Crippen molar-refractivity contribution in [3.63, 3.8) is 0 Å². The summed E-state index contributed by atoms with van der Waals surface area (Å²) in [4.78, 5) is 4.35. The van der Waals surface area contributed by atoms with Crippen molar-refractivity contribution in [2.45, 2.75) is 19.0 Å². The van der Waals surface area contributed by atoms with Gasteiger partial charge in [-0.3, -0.25) is 0 Å². The summed E-state index contributed by atoms with van der Waals surface area (Å²) in [6.45, 7) is 1.17.